The standard InChI is InChI=1S/C36H47NO7P2/c1-5-45(41,6-2)34(46(42,7-3)8-4)18-13-23-43-27-21-19-26(20-22-27)24-33(35(38)39)37-36(40)44-25-32-30-16-11-9-14-28(30)29-15-10-12-17-31(29)32/h9-12,14-17,19-22,32-34H,5-8,13,18,23-25H2,1-4H3,(H,37,40)(H,38,39)/t33-/m0/s1. The number of hydrogen-bond acceptors (Lipinski definition) is 6. The number of amides is 1. The predicted molar refractivity (Wildman–Crippen MR) is 186 cm³/mol. The number of carboxylic acid groups (broad SMARTS) is 1. The average Bonchev–Trinajstić information content (AvgIpc) is 3.40. The summed E-state index contributed by atoms with van der Waals surface area (Å²) < 4.78 is 38.7. The van der Waals surface area contributed by atoms with Crippen molar-refractivity contribution >= 4 is 26.3 Å². The Labute approximate surface area is 273 Å². The van der Waals surface area contributed by atoms with Crippen LogP contribution in [-0.4, -0.2) is 66.5 Å². The predicted octanol–water partition coefficient (Wildman–Crippen LogP) is 8.51. The van der Waals surface area contributed by atoms with E-state index in [9.17, 15) is 23.8 Å². The van der Waals surface area contributed by atoms with Gasteiger partial charge in [0.25, 0.3) is 0 Å². The van der Waals surface area contributed by atoms with Crippen LogP contribution in [0.2, 0.25) is 0 Å². The van der Waals surface area contributed by atoms with Crippen molar-refractivity contribution in [2.45, 2.75) is 64.3 Å². The normalized spacial score (nSPS) is 13.6. The number of alkyl carbamates (subject to hydrolysis) is 1. The molecule has 2 N–H and O–H groups in total. The molecule has 0 fully saturated rings. The smallest absolute Gasteiger partial charge is 0.407 e. The average molecular weight is 668 g/mol. The molecule has 1 aliphatic carbocycles. The Kier molecular flexibility index (Phi) is 12.3. The zero-order valence-electron chi connectivity index (χ0n) is 27.3. The lowest BCUT2D eigenvalue weighted by Gasteiger charge is -2.32. The number of fused-ring (bicyclic) bond motifs is 3. The summed E-state index contributed by atoms with van der Waals surface area (Å²) in [6.07, 6.45) is 2.81. The Morgan fingerprint density at radius 3 is 1.83 bits per heavy atom. The largest absolute Gasteiger partial charge is 0.494 e. The van der Waals surface area contributed by atoms with Gasteiger partial charge in [0, 0.05) is 12.3 Å². The molecule has 248 valence electrons. The number of carbonyl (C=O) groups is 2. The molecule has 3 aromatic rings. The zero-order chi connectivity index (χ0) is 33.3. The minimum atomic E-state index is -2.54. The molecule has 0 bridgehead atoms. The Balaban J connectivity index is 1.29. The van der Waals surface area contributed by atoms with Crippen molar-refractivity contribution in [3.63, 3.8) is 0 Å². The van der Waals surface area contributed by atoms with E-state index in [1.165, 1.54) is 0 Å². The molecular weight excluding hydrogens is 620 g/mol. The third-order valence-corrected chi connectivity index (χ3v) is 18.9. The summed E-state index contributed by atoms with van der Waals surface area (Å²) in [4.78, 5) is 24.7. The van der Waals surface area contributed by atoms with Gasteiger partial charge >= 0.3 is 12.1 Å². The summed E-state index contributed by atoms with van der Waals surface area (Å²) in [5.74, 6) is -0.651. The topological polar surface area (TPSA) is 119 Å². The first kappa shape index (κ1) is 35.5. The lowest BCUT2D eigenvalue weighted by molar-refractivity contribution is -0.139. The maximum Gasteiger partial charge on any atom is 0.407 e. The van der Waals surface area contributed by atoms with Crippen molar-refractivity contribution in [3.05, 3.63) is 89.5 Å². The van der Waals surface area contributed by atoms with Crippen LogP contribution >= 0.6 is 14.3 Å². The van der Waals surface area contributed by atoms with Gasteiger partial charge in [0.2, 0.25) is 0 Å². The molecule has 0 radical (unpaired) electrons. The van der Waals surface area contributed by atoms with Gasteiger partial charge in [0.1, 0.15) is 18.4 Å². The number of rotatable bonds is 17. The first-order valence-electron chi connectivity index (χ1n) is 16.3. The number of ether oxygens (including phenoxy) is 2. The van der Waals surface area contributed by atoms with E-state index in [-0.39, 0.29) is 24.3 Å². The van der Waals surface area contributed by atoms with Crippen LogP contribution in [0.25, 0.3) is 11.1 Å². The molecule has 1 aliphatic rings. The lowest BCUT2D eigenvalue weighted by Crippen LogP contribution is -2.42. The van der Waals surface area contributed by atoms with Crippen molar-refractivity contribution < 1.29 is 33.3 Å². The van der Waals surface area contributed by atoms with Crippen LogP contribution in [0.3, 0.4) is 0 Å². The van der Waals surface area contributed by atoms with Crippen LogP contribution in [0, 0.1) is 0 Å². The zero-order valence-corrected chi connectivity index (χ0v) is 29.1. The van der Waals surface area contributed by atoms with E-state index < -0.39 is 32.4 Å². The maximum atomic E-state index is 13.6. The van der Waals surface area contributed by atoms with Crippen molar-refractivity contribution in [2.24, 2.45) is 0 Å². The van der Waals surface area contributed by atoms with Gasteiger partial charge in [-0.25, -0.2) is 9.59 Å². The van der Waals surface area contributed by atoms with E-state index in [1.807, 2.05) is 64.1 Å². The Morgan fingerprint density at radius 2 is 1.33 bits per heavy atom. The molecule has 0 unspecified atom stereocenters. The summed E-state index contributed by atoms with van der Waals surface area (Å²) in [6, 6.07) is 22.0. The van der Waals surface area contributed by atoms with Crippen LogP contribution in [0.5, 0.6) is 5.75 Å². The van der Waals surface area contributed by atoms with Crippen molar-refractivity contribution in [2.75, 3.05) is 37.9 Å². The molecule has 0 spiro atoms. The summed E-state index contributed by atoms with van der Waals surface area (Å²) in [6.45, 7) is 8.25. The Bertz CT molecular complexity index is 1500. The van der Waals surface area contributed by atoms with Gasteiger partial charge in [0.05, 0.1) is 26.3 Å². The van der Waals surface area contributed by atoms with Gasteiger partial charge < -0.3 is 29.0 Å². The molecule has 8 nitrogen and oxygen atoms in total. The van der Waals surface area contributed by atoms with Gasteiger partial charge in [-0.05, 0) is 77.4 Å². The van der Waals surface area contributed by atoms with Crippen LogP contribution in [0.1, 0.15) is 63.1 Å². The minimum Gasteiger partial charge on any atom is -0.494 e. The molecule has 0 saturated carbocycles. The molecule has 3 aromatic carbocycles. The Hall–Kier alpha value is -3.34. The van der Waals surface area contributed by atoms with E-state index in [2.05, 4.69) is 17.4 Å². The Morgan fingerprint density at radius 1 is 0.804 bits per heavy atom. The first-order chi connectivity index (χ1) is 22.1. The lowest BCUT2D eigenvalue weighted by atomic mass is 9.98. The van der Waals surface area contributed by atoms with Crippen molar-refractivity contribution in [1.29, 1.82) is 0 Å². The monoisotopic (exact) mass is 667 g/mol. The third kappa shape index (κ3) is 8.14. The number of carbonyl (C=O) groups excluding carboxylic acids is 1. The second-order valence-electron chi connectivity index (χ2n) is 11.8. The first-order valence-corrected chi connectivity index (χ1v) is 20.6. The molecule has 46 heavy (non-hydrogen) atoms. The van der Waals surface area contributed by atoms with E-state index in [0.717, 1.165) is 27.8 Å². The highest BCUT2D eigenvalue weighted by molar-refractivity contribution is 7.81. The van der Waals surface area contributed by atoms with Gasteiger partial charge in [0.15, 0.2) is 0 Å². The summed E-state index contributed by atoms with van der Waals surface area (Å²) >= 11 is 0. The number of aliphatic carboxylic acids is 1. The number of carboxylic acids is 1. The van der Waals surface area contributed by atoms with E-state index in [0.29, 0.717) is 49.8 Å². The van der Waals surface area contributed by atoms with E-state index >= 15 is 0 Å². The minimum absolute atomic E-state index is 0.0775. The highest BCUT2D eigenvalue weighted by atomic mass is 31.2. The fraction of sp³-hybridized carbons (Fsp3) is 0.444. The molecule has 0 saturated heterocycles. The SMILES string of the molecule is CCP(=O)(CC)C(CCCOc1ccc(C[C@H](NC(=O)OCC2c3ccccc3-c3ccccc32)C(=O)O)cc1)P(=O)(CC)CC. The molecule has 4 rings (SSSR count). The van der Waals surface area contributed by atoms with Crippen molar-refractivity contribution in [1.82, 2.24) is 5.32 Å². The van der Waals surface area contributed by atoms with Crippen LogP contribution in [0.15, 0.2) is 72.8 Å². The van der Waals surface area contributed by atoms with E-state index in [4.69, 9.17) is 9.47 Å². The molecule has 0 heterocycles. The second kappa shape index (κ2) is 16.0. The van der Waals surface area contributed by atoms with Gasteiger partial charge in [-0.1, -0.05) is 88.4 Å². The van der Waals surface area contributed by atoms with Crippen LogP contribution < -0.4 is 10.1 Å². The van der Waals surface area contributed by atoms with Crippen LogP contribution in [-0.2, 0) is 25.1 Å². The van der Waals surface area contributed by atoms with E-state index in [1.54, 1.807) is 24.3 Å². The third-order valence-electron chi connectivity index (χ3n) is 9.40. The van der Waals surface area contributed by atoms with Gasteiger partial charge in [-0.15, -0.1) is 0 Å². The quantitative estimate of drug-likeness (QED) is 0.109. The summed E-state index contributed by atoms with van der Waals surface area (Å²) in [5, 5.41) is 12.1. The fourth-order valence-electron chi connectivity index (χ4n) is 6.54. The highest BCUT2D eigenvalue weighted by Gasteiger charge is 2.41. The number of benzene rings is 3. The fourth-order valence-corrected chi connectivity index (χ4v) is 15.5. The highest BCUT2D eigenvalue weighted by Crippen LogP contribution is 2.69. The molecule has 10 heteroatoms. The molecular formula is C36H47NO7P2. The maximum absolute atomic E-state index is 13.6. The number of hydrogen-bond donors (Lipinski definition) is 2. The van der Waals surface area contributed by atoms with Gasteiger partial charge in [-0.3, -0.25) is 0 Å². The summed E-state index contributed by atoms with van der Waals surface area (Å²) in [5.41, 5.74) is 5.11. The number of nitrogens with one attached hydrogen (secondary N) is 1. The van der Waals surface area contributed by atoms with Crippen molar-refractivity contribution in [3.8, 4) is 16.9 Å². The molecule has 0 aromatic heterocycles. The second-order valence-corrected chi connectivity index (χ2v) is 19.8. The molecule has 1 amide bonds. The molecule has 0 aliphatic heterocycles. The van der Waals surface area contributed by atoms with Gasteiger partial charge in [-0.2, -0.15) is 0 Å². The summed E-state index contributed by atoms with van der Waals surface area (Å²) in [7, 11) is -5.08. The molecule has 1 atom stereocenters. The van der Waals surface area contributed by atoms with Crippen LogP contribution in [0.4, 0.5) is 4.79 Å².